The van der Waals surface area contributed by atoms with Crippen LogP contribution in [0.5, 0.6) is 11.6 Å². The number of rotatable bonds is 5. The normalized spacial score (nSPS) is 10.7. The van der Waals surface area contributed by atoms with Gasteiger partial charge in [-0.3, -0.25) is 9.36 Å². The summed E-state index contributed by atoms with van der Waals surface area (Å²) in [6.07, 6.45) is -0.105. The lowest BCUT2D eigenvalue weighted by atomic mass is 10.0. The maximum absolute atomic E-state index is 12.2. The van der Waals surface area contributed by atoms with Crippen LogP contribution in [-0.2, 0) is 19.9 Å². The van der Waals surface area contributed by atoms with Gasteiger partial charge in [0.1, 0.15) is 0 Å². The second-order valence-corrected chi connectivity index (χ2v) is 6.50. The van der Waals surface area contributed by atoms with Crippen molar-refractivity contribution in [3.05, 3.63) is 63.3 Å². The van der Waals surface area contributed by atoms with Gasteiger partial charge in [0.25, 0.3) is 11.4 Å². The molecule has 26 heavy (non-hydrogen) atoms. The lowest BCUT2D eigenvalue weighted by Crippen LogP contribution is -2.21. The molecule has 134 valence electrons. The lowest BCUT2D eigenvalue weighted by molar-refractivity contribution is 0.140. The summed E-state index contributed by atoms with van der Waals surface area (Å²) >= 11 is 1.39. The van der Waals surface area contributed by atoms with Crippen LogP contribution in [0.3, 0.4) is 0 Å². The fourth-order valence-corrected chi connectivity index (χ4v) is 3.56. The average molecular weight is 372 g/mol. The fourth-order valence-electron chi connectivity index (χ4n) is 2.58. The molecule has 0 radical (unpaired) electrons. The first-order valence-electron chi connectivity index (χ1n) is 7.78. The minimum absolute atomic E-state index is 0.252. The van der Waals surface area contributed by atoms with Crippen LogP contribution >= 0.6 is 11.3 Å². The van der Waals surface area contributed by atoms with E-state index in [1.54, 1.807) is 0 Å². The van der Waals surface area contributed by atoms with E-state index in [-0.39, 0.29) is 5.82 Å². The van der Waals surface area contributed by atoms with Crippen molar-refractivity contribution in [1.82, 2.24) is 9.55 Å². The minimum atomic E-state index is -1.65. The number of carbonyl (C=O) groups is 1. The molecule has 2 aromatic heterocycles. The van der Waals surface area contributed by atoms with Crippen molar-refractivity contribution in [2.75, 3.05) is 0 Å². The quantitative estimate of drug-likeness (QED) is 0.668. The fraction of sp³-hybridized carbons (Fsp3) is 0.167. The van der Waals surface area contributed by atoms with Gasteiger partial charge < -0.3 is 14.9 Å². The Morgan fingerprint density at radius 3 is 2.65 bits per heavy atom. The highest BCUT2D eigenvalue weighted by molar-refractivity contribution is 7.13. The first-order valence-corrected chi connectivity index (χ1v) is 8.66. The minimum Gasteiger partial charge on any atom is -0.499 e. The molecule has 0 aliphatic heterocycles. The summed E-state index contributed by atoms with van der Waals surface area (Å²) in [7, 11) is 1.47. The highest BCUT2D eigenvalue weighted by atomic mass is 32.1. The molecule has 0 aliphatic rings. The first kappa shape index (κ1) is 17.7. The Morgan fingerprint density at radius 1 is 1.23 bits per heavy atom. The van der Waals surface area contributed by atoms with Crippen LogP contribution in [0.1, 0.15) is 11.1 Å². The summed E-state index contributed by atoms with van der Waals surface area (Å²) < 4.78 is 5.62. The largest absolute Gasteiger partial charge is 0.512 e. The SMILES string of the molecule is Cn1c(-c2sccc2CCc2ccccc2)nc(OC(=O)O)c(O)c1=O. The number of nitrogens with zero attached hydrogens (tertiary/aromatic N) is 2. The van der Waals surface area contributed by atoms with Crippen LogP contribution in [0.4, 0.5) is 4.79 Å². The molecule has 3 rings (SSSR count). The second kappa shape index (κ2) is 7.40. The summed E-state index contributed by atoms with van der Waals surface area (Å²) in [6.45, 7) is 0. The van der Waals surface area contributed by atoms with E-state index in [1.807, 2.05) is 41.8 Å². The summed E-state index contributed by atoms with van der Waals surface area (Å²) in [5.74, 6) is -1.19. The van der Waals surface area contributed by atoms with Crippen LogP contribution in [0, 0.1) is 0 Å². The number of ether oxygens (including phenoxy) is 1. The van der Waals surface area contributed by atoms with Crippen molar-refractivity contribution in [3.8, 4) is 22.3 Å². The average Bonchev–Trinajstić information content (AvgIpc) is 3.09. The topological polar surface area (TPSA) is 102 Å². The van der Waals surface area contributed by atoms with Gasteiger partial charge in [-0.05, 0) is 35.4 Å². The second-order valence-electron chi connectivity index (χ2n) is 5.58. The molecule has 2 heterocycles. The van der Waals surface area contributed by atoms with Crippen molar-refractivity contribution >= 4 is 17.5 Å². The van der Waals surface area contributed by atoms with Crippen LogP contribution < -0.4 is 10.3 Å². The van der Waals surface area contributed by atoms with Gasteiger partial charge in [0.05, 0.1) is 4.88 Å². The maximum atomic E-state index is 12.2. The van der Waals surface area contributed by atoms with Crippen LogP contribution in [0.15, 0.2) is 46.6 Å². The number of aromatic hydroxyl groups is 1. The molecule has 0 atom stereocenters. The van der Waals surface area contributed by atoms with Crippen molar-refractivity contribution in [1.29, 1.82) is 0 Å². The number of aromatic nitrogens is 2. The summed E-state index contributed by atoms with van der Waals surface area (Å²) in [4.78, 5) is 27.7. The molecule has 2 N–H and O–H groups in total. The Labute approximate surface area is 152 Å². The molecule has 0 spiro atoms. The van der Waals surface area contributed by atoms with Gasteiger partial charge in [-0.1, -0.05) is 30.3 Å². The molecule has 0 saturated carbocycles. The lowest BCUT2D eigenvalue weighted by Gasteiger charge is -2.11. The Balaban J connectivity index is 1.97. The van der Waals surface area contributed by atoms with E-state index in [2.05, 4.69) is 9.72 Å². The van der Waals surface area contributed by atoms with Gasteiger partial charge >= 0.3 is 6.16 Å². The van der Waals surface area contributed by atoms with E-state index in [9.17, 15) is 14.7 Å². The van der Waals surface area contributed by atoms with Crippen LogP contribution in [-0.4, -0.2) is 25.9 Å². The number of carboxylic acid groups (broad SMARTS) is 1. The van der Waals surface area contributed by atoms with E-state index in [0.717, 1.165) is 23.3 Å². The summed E-state index contributed by atoms with van der Waals surface area (Å²) in [5, 5.41) is 20.4. The zero-order chi connectivity index (χ0) is 18.7. The third kappa shape index (κ3) is 3.60. The Morgan fingerprint density at radius 2 is 1.96 bits per heavy atom. The van der Waals surface area contributed by atoms with Gasteiger partial charge in [0.2, 0.25) is 5.75 Å². The molecular weight excluding hydrogens is 356 g/mol. The molecule has 0 fully saturated rings. The monoisotopic (exact) mass is 372 g/mol. The Hall–Kier alpha value is -3.13. The van der Waals surface area contributed by atoms with E-state index in [0.29, 0.717) is 0 Å². The number of hydrogen-bond donors (Lipinski definition) is 2. The van der Waals surface area contributed by atoms with Gasteiger partial charge in [0.15, 0.2) is 5.82 Å². The molecule has 0 aliphatic carbocycles. The number of aryl methyl sites for hydroxylation is 2. The van der Waals surface area contributed by atoms with Crippen LogP contribution in [0.25, 0.3) is 10.7 Å². The van der Waals surface area contributed by atoms with Crippen molar-refractivity contribution < 1.29 is 19.7 Å². The molecule has 7 nitrogen and oxygen atoms in total. The molecule has 0 amide bonds. The molecule has 0 saturated heterocycles. The zero-order valence-corrected chi connectivity index (χ0v) is 14.7. The highest BCUT2D eigenvalue weighted by Gasteiger charge is 2.20. The summed E-state index contributed by atoms with van der Waals surface area (Å²) in [6, 6.07) is 11.9. The standard InChI is InChI=1S/C18H16N2O5S/c1-20-15(19-16(25-18(23)24)13(21)17(20)22)14-12(9-10-26-14)8-7-11-5-3-2-4-6-11/h2-6,9-10,21H,7-8H2,1H3,(H,23,24). The highest BCUT2D eigenvalue weighted by Crippen LogP contribution is 2.31. The zero-order valence-electron chi connectivity index (χ0n) is 13.9. The van der Waals surface area contributed by atoms with Crippen molar-refractivity contribution in [2.24, 2.45) is 7.05 Å². The smallest absolute Gasteiger partial charge is 0.499 e. The van der Waals surface area contributed by atoms with Gasteiger partial charge in [-0.25, -0.2) is 4.79 Å². The van der Waals surface area contributed by atoms with E-state index in [4.69, 9.17) is 5.11 Å². The van der Waals surface area contributed by atoms with Crippen LogP contribution in [0.2, 0.25) is 0 Å². The first-order chi connectivity index (χ1) is 12.5. The Kier molecular flexibility index (Phi) is 5.04. The summed E-state index contributed by atoms with van der Waals surface area (Å²) in [5.41, 5.74) is 1.40. The maximum Gasteiger partial charge on any atom is 0.512 e. The number of thiophene rings is 1. The van der Waals surface area contributed by atoms with Gasteiger partial charge in [0, 0.05) is 7.05 Å². The molecule has 0 unspecified atom stereocenters. The van der Waals surface area contributed by atoms with Gasteiger partial charge in [-0.2, -0.15) is 4.98 Å². The van der Waals surface area contributed by atoms with E-state index in [1.165, 1.54) is 28.5 Å². The number of hydrogen-bond acceptors (Lipinski definition) is 6. The van der Waals surface area contributed by atoms with E-state index >= 15 is 0 Å². The predicted octanol–water partition coefficient (Wildman–Crippen LogP) is 3.06. The van der Waals surface area contributed by atoms with E-state index < -0.39 is 23.3 Å². The third-order valence-electron chi connectivity index (χ3n) is 3.89. The predicted molar refractivity (Wildman–Crippen MR) is 97.0 cm³/mol. The molecular formula is C18H16N2O5S. The third-order valence-corrected chi connectivity index (χ3v) is 4.85. The van der Waals surface area contributed by atoms with Crippen molar-refractivity contribution in [3.63, 3.8) is 0 Å². The van der Waals surface area contributed by atoms with Crippen molar-refractivity contribution in [2.45, 2.75) is 12.8 Å². The molecule has 1 aromatic carbocycles. The Bertz CT molecular complexity index is 995. The van der Waals surface area contributed by atoms with Gasteiger partial charge in [-0.15, -0.1) is 11.3 Å². The molecule has 3 aromatic rings. The molecule has 8 heteroatoms. The molecule has 0 bridgehead atoms. The number of benzene rings is 1.